The van der Waals surface area contributed by atoms with Crippen molar-refractivity contribution < 1.29 is 23.7 Å². The van der Waals surface area contributed by atoms with Crippen molar-refractivity contribution in [3.05, 3.63) is 47.7 Å². The summed E-state index contributed by atoms with van der Waals surface area (Å²) in [5, 5.41) is 4.50. The minimum absolute atomic E-state index is 0.143. The topological polar surface area (TPSA) is 71.0 Å². The van der Waals surface area contributed by atoms with E-state index in [4.69, 9.17) is 18.9 Å². The first-order valence-electron chi connectivity index (χ1n) is 11.4. The minimum Gasteiger partial charge on any atom is -0.486 e. The lowest BCUT2D eigenvalue weighted by molar-refractivity contribution is 0.0531. The van der Waals surface area contributed by atoms with Gasteiger partial charge >= 0.3 is 6.09 Å². The molecule has 0 spiro atoms. The molecule has 0 saturated carbocycles. The van der Waals surface area contributed by atoms with Crippen LogP contribution in [-0.4, -0.2) is 42.7 Å². The molecule has 2 aromatic carbocycles. The number of hydrogen-bond donors (Lipinski definition) is 1. The lowest BCUT2D eigenvalue weighted by Gasteiger charge is -2.24. The molecular weight excluding hydrogens is 420 g/mol. The van der Waals surface area contributed by atoms with Gasteiger partial charge in [0.05, 0.1) is 11.6 Å². The predicted octanol–water partition coefficient (Wildman–Crippen LogP) is 5.44. The number of rotatable bonds is 3. The SMILES string of the molecule is COC1CCc2c(c3cc(Nc4ccc5c(c4)OCCO5)ccc3n2C(=O)OC(C)(C)C)C1. The van der Waals surface area contributed by atoms with Gasteiger partial charge in [0.1, 0.15) is 18.8 Å². The van der Waals surface area contributed by atoms with Gasteiger partial charge in [0, 0.05) is 42.1 Å². The van der Waals surface area contributed by atoms with E-state index in [-0.39, 0.29) is 12.2 Å². The quantitative estimate of drug-likeness (QED) is 0.573. The van der Waals surface area contributed by atoms with Crippen LogP contribution < -0.4 is 14.8 Å². The van der Waals surface area contributed by atoms with Gasteiger partial charge in [-0.25, -0.2) is 9.36 Å². The van der Waals surface area contributed by atoms with Crippen LogP contribution >= 0.6 is 0 Å². The lowest BCUT2D eigenvalue weighted by Crippen LogP contribution is -2.29. The molecular formula is C26H30N2O5. The molecule has 2 aliphatic rings. The van der Waals surface area contributed by atoms with Gasteiger partial charge in [-0.15, -0.1) is 0 Å². The van der Waals surface area contributed by atoms with Crippen molar-refractivity contribution in [1.29, 1.82) is 0 Å². The monoisotopic (exact) mass is 450 g/mol. The fourth-order valence-electron chi connectivity index (χ4n) is 4.61. The van der Waals surface area contributed by atoms with E-state index in [9.17, 15) is 4.79 Å². The van der Waals surface area contributed by atoms with Gasteiger partial charge in [-0.1, -0.05) is 0 Å². The number of aromatic nitrogens is 1. The number of carbonyl (C=O) groups is 1. The fraction of sp³-hybridized carbons (Fsp3) is 0.423. The summed E-state index contributed by atoms with van der Waals surface area (Å²) in [5.41, 5.74) is 4.31. The molecule has 3 aromatic rings. The van der Waals surface area contributed by atoms with E-state index in [1.807, 2.05) is 51.1 Å². The second-order valence-corrected chi connectivity index (χ2v) is 9.56. The molecule has 1 aliphatic heterocycles. The third-order valence-corrected chi connectivity index (χ3v) is 6.06. The van der Waals surface area contributed by atoms with Crippen LogP contribution in [0.1, 0.15) is 38.4 Å². The zero-order valence-corrected chi connectivity index (χ0v) is 19.6. The molecule has 0 radical (unpaired) electrons. The largest absolute Gasteiger partial charge is 0.486 e. The predicted molar refractivity (Wildman–Crippen MR) is 127 cm³/mol. The van der Waals surface area contributed by atoms with Crippen molar-refractivity contribution in [3.8, 4) is 11.5 Å². The Morgan fingerprint density at radius 2 is 1.79 bits per heavy atom. The van der Waals surface area contributed by atoms with Crippen molar-refractivity contribution in [3.63, 3.8) is 0 Å². The van der Waals surface area contributed by atoms with Crippen molar-refractivity contribution in [2.45, 2.75) is 51.7 Å². The Hall–Kier alpha value is -3.19. The third kappa shape index (κ3) is 4.25. The van der Waals surface area contributed by atoms with Crippen molar-refractivity contribution in [1.82, 2.24) is 4.57 Å². The molecule has 5 rings (SSSR count). The number of nitrogens with zero attached hydrogens (tertiary/aromatic N) is 1. The normalized spacial score (nSPS) is 17.5. The van der Waals surface area contributed by atoms with E-state index < -0.39 is 5.60 Å². The highest BCUT2D eigenvalue weighted by atomic mass is 16.6. The molecule has 0 bridgehead atoms. The van der Waals surface area contributed by atoms with Crippen molar-refractivity contribution in [2.24, 2.45) is 0 Å². The molecule has 33 heavy (non-hydrogen) atoms. The number of anilines is 2. The second kappa shape index (κ2) is 8.30. The maximum Gasteiger partial charge on any atom is 0.419 e. The lowest BCUT2D eigenvalue weighted by atomic mass is 9.93. The van der Waals surface area contributed by atoms with Crippen LogP contribution in [-0.2, 0) is 22.3 Å². The van der Waals surface area contributed by atoms with E-state index in [1.54, 1.807) is 11.7 Å². The van der Waals surface area contributed by atoms with Crippen molar-refractivity contribution in [2.75, 3.05) is 25.6 Å². The van der Waals surface area contributed by atoms with Gasteiger partial charge in [-0.05, 0) is 69.5 Å². The maximum atomic E-state index is 13.1. The number of nitrogens with one attached hydrogen (secondary N) is 1. The van der Waals surface area contributed by atoms with Crippen LogP contribution in [0.2, 0.25) is 0 Å². The van der Waals surface area contributed by atoms with Crippen LogP contribution in [0.3, 0.4) is 0 Å². The van der Waals surface area contributed by atoms with Gasteiger partial charge in [-0.2, -0.15) is 0 Å². The third-order valence-electron chi connectivity index (χ3n) is 6.06. The molecule has 1 atom stereocenters. The smallest absolute Gasteiger partial charge is 0.419 e. The Bertz CT molecular complexity index is 1210. The second-order valence-electron chi connectivity index (χ2n) is 9.56. The molecule has 0 amide bonds. The van der Waals surface area contributed by atoms with Gasteiger partial charge in [-0.3, -0.25) is 0 Å². The number of carbonyl (C=O) groups excluding carboxylic acids is 1. The number of hydrogen-bond acceptors (Lipinski definition) is 6. The van der Waals surface area contributed by atoms with Crippen LogP contribution in [0.4, 0.5) is 16.2 Å². The fourth-order valence-corrected chi connectivity index (χ4v) is 4.61. The van der Waals surface area contributed by atoms with E-state index in [2.05, 4.69) is 11.4 Å². The summed E-state index contributed by atoms with van der Waals surface area (Å²) in [6, 6.07) is 11.9. The summed E-state index contributed by atoms with van der Waals surface area (Å²) in [7, 11) is 1.75. The number of ether oxygens (including phenoxy) is 4. The highest BCUT2D eigenvalue weighted by Gasteiger charge is 2.30. The van der Waals surface area contributed by atoms with E-state index in [1.165, 1.54) is 0 Å². The molecule has 1 N–H and O–H groups in total. The first kappa shape index (κ1) is 21.6. The zero-order valence-electron chi connectivity index (χ0n) is 19.6. The molecule has 1 aliphatic carbocycles. The summed E-state index contributed by atoms with van der Waals surface area (Å²) in [6.07, 6.45) is 2.23. The summed E-state index contributed by atoms with van der Waals surface area (Å²) in [4.78, 5) is 13.1. The molecule has 1 unspecified atom stereocenters. The molecule has 0 saturated heterocycles. The molecule has 174 valence electrons. The first-order chi connectivity index (χ1) is 15.8. The van der Waals surface area contributed by atoms with Crippen LogP contribution in [0.15, 0.2) is 36.4 Å². The maximum absolute atomic E-state index is 13.1. The molecule has 7 nitrogen and oxygen atoms in total. The standard InChI is InChI=1S/C26H30N2O5/c1-26(2,3)33-25(29)28-21-8-5-16(13-19(21)20-15-18(30-4)7-9-22(20)28)27-17-6-10-23-24(14-17)32-12-11-31-23/h5-6,8,10,13-14,18,27H,7,9,11-12,15H2,1-4H3. The van der Waals surface area contributed by atoms with Crippen molar-refractivity contribution >= 4 is 28.4 Å². The molecule has 2 heterocycles. The van der Waals surface area contributed by atoms with Gasteiger partial charge < -0.3 is 24.3 Å². The first-order valence-corrected chi connectivity index (χ1v) is 11.4. The molecule has 7 heteroatoms. The number of benzene rings is 2. The summed E-state index contributed by atoms with van der Waals surface area (Å²) in [6.45, 7) is 6.78. The van der Waals surface area contributed by atoms with Crippen LogP contribution in [0, 0.1) is 0 Å². The summed E-state index contributed by atoms with van der Waals surface area (Å²) in [5.74, 6) is 1.50. The Morgan fingerprint density at radius 1 is 1.06 bits per heavy atom. The highest BCUT2D eigenvalue weighted by molar-refractivity contribution is 5.96. The van der Waals surface area contributed by atoms with E-state index in [0.29, 0.717) is 13.2 Å². The summed E-state index contributed by atoms with van der Waals surface area (Å²) >= 11 is 0. The Morgan fingerprint density at radius 3 is 2.55 bits per heavy atom. The molecule has 0 fully saturated rings. The van der Waals surface area contributed by atoms with Crippen LogP contribution in [0.5, 0.6) is 11.5 Å². The van der Waals surface area contributed by atoms with E-state index in [0.717, 1.165) is 64.3 Å². The number of methoxy groups -OCH3 is 1. The average Bonchev–Trinajstić information content (AvgIpc) is 3.11. The highest BCUT2D eigenvalue weighted by Crippen LogP contribution is 2.37. The Balaban J connectivity index is 1.54. The number of fused-ring (bicyclic) bond motifs is 4. The van der Waals surface area contributed by atoms with Crippen LogP contribution in [0.25, 0.3) is 10.9 Å². The average molecular weight is 451 g/mol. The van der Waals surface area contributed by atoms with Gasteiger partial charge in [0.2, 0.25) is 0 Å². The Labute approximate surface area is 193 Å². The van der Waals surface area contributed by atoms with E-state index >= 15 is 0 Å². The van der Waals surface area contributed by atoms with Gasteiger partial charge in [0.15, 0.2) is 11.5 Å². The minimum atomic E-state index is -0.565. The Kier molecular flexibility index (Phi) is 5.44. The zero-order chi connectivity index (χ0) is 23.2. The van der Waals surface area contributed by atoms with Gasteiger partial charge in [0.25, 0.3) is 0 Å². The summed E-state index contributed by atoms with van der Waals surface area (Å²) < 4.78 is 24.5. The molecule has 1 aromatic heterocycles.